The van der Waals surface area contributed by atoms with Crippen LogP contribution in [0.25, 0.3) is 0 Å². The van der Waals surface area contributed by atoms with Crippen molar-refractivity contribution < 1.29 is 14.4 Å². The van der Waals surface area contributed by atoms with E-state index in [1.165, 1.54) is 6.07 Å². The number of halogens is 1. The average Bonchev–Trinajstić information content (AvgIpc) is 2.46. The minimum Gasteiger partial charge on any atom is -0.396 e. The van der Waals surface area contributed by atoms with Crippen LogP contribution in [-0.2, 0) is 6.54 Å². The molecule has 20 heavy (non-hydrogen) atoms. The van der Waals surface area contributed by atoms with Crippen LogP contribution in [-0.4, -0.2) is 22.7 Å². The lowest BCUT2D eigenvalue weighted by molar-refractivity contribution is -0.387. The van der Waals surface area contributed by atoms with Gasteiger partial charge in [-0.1, -0.05) is 25.0 Å². The third-order valence-electron chi connectivity index (χ3n) is 3.95. The molecule has 1 fully saturated rings. The number of rotatable bonds is 5. The van der Waals surface area contributed by atoms with E-state index >= 15 is 0 Å². The van der Waals surface area contributed by atoms with E-state index in [4.69, 9.17) is 0 Å². The molecule has 0 bridgehead atoms. The summed E-state index contributed by atoms with van der Waals surface area (Å²) in [5.41, 5.74) is -0.201. The molecule has 2 N–H and O–H groups in total. The fourth-order valence-corrected chi connectivity index (χ4v) is 2.78. The van der Waals surface area contributed by atoms with Crippen LogP contribution >= 0.6 is 0 Å². The minimum absolute atomic E-state index is 0.120. The molecule has 1 aliphatic carbocycles. The van der Waals surface area contributed by atoms with E-state index in [1.54, 1.807) is 6.07 Å². The first kappa shape index (κ1) is 14.9. The second-order valence-electron chi connectivity index (χ2n) is 5.22. The van der Waals surface area contributed by atoms with E-state index in [0.29, 0.717) is 5.56 Å². The van der Waals surface area contributed by atoms with Crippen LogP contribution in [0.4, 0.5) is 10.1 Å². The molecule has 0 spiro atoms. The molecule has 1 aliphatic rings. The summed E-state index contributed by atoms with van der Waals surface area (Å²) in [5.74, 6) is -0.591. The summed E-state index contributed by atoms with van der Waals surface area (Å²) in [6.45, 7) is 0.365. The number of nitro benzene ring substituents is 1. The number of nitro groups is 1. The molecule has 5 nitrogen and oxygen atoms in total. The topological polar surface area (TPSA) is 75.4 Å². The fraction of sp³-hybridized carbons (Fsp3) is 0.571. The Bertz CT molecular complexity index is 481. The molecule has 0 aliphatic heterocycles. The Balaban J connectivity index is 2.03. The highest BCUT2D eigenvalue weighted by atomic mass is 19.1. The molecule has 1 saturated carbocycles. The Kier molecular flexibility index (Phi) is 5.03. The van der Waals surface area contributed by atoms with E-state index in [2.05, 4.69) is 5.32 Å². The summed E-state index contributed by atoms with van der Waals surface area (Å²) >= 11 is 0. The summed E-state index contributed by atoms with van der Waals surface area (Å²) in [6.07, 6.45) is 4.10. The zero-order valence-corrected chi connectivity index (χ0v) is 11.2. The van der Waals surface area contributed by atoms with Crippen LogP contribution in [0.2, 0.25) is 0 Å². The standard InChI is InChI=1S/C14H19FN2O3/c15-14-10(5-3-7-13(14)17(19)20)8-16-12-6-2-1-4-11(12)9-18/h3,5,7,11-12,16,18H,1-2,4,6,8-9H2. The summed E-state index contributed by atoms with van der Waals surface area (Å²) in [4.78, 5) is 9.98. The van der Waals surface area contributed by atoms with Crippen LogP contribution in [0.15, 0.2) is 18.2 Å². The maximum Gasteiger partial charge on any atom is 0.305 e. The maximum absolute atomic E-state index is 13.9. The number of hydrogen-bond donors (Lipinski definition) is 2. The van der Waals surface area contributed by atoms with Crippen LogP contribution in [0.3, 0.4) is 0 Å². The van der Waals surface area contributed by atoms with E-state index in [1.807, 2.05) is 0 Å². The van der Waals surface area contributed by atoms with E-state index in [-0.39, 0.29) is 25.1 Å². The van der Waals surface area contributed by atoms with Gasteiger partial charge in [0.2, 0.25) is 5.82 Å². The van der Waals surface area contributed by atoms with Crippen molar-refractivity contribution in [3.63, 3.8) is 0 Å². The van der Waals surface area contributed by atoms with Gasteiger partial charge in [0.1, 0.15) is 0 Å². The van der Waals surface area contributed by atoms with Crippen LogP contribution in [0.5, 0.6) is 0 Å². The molecule has 0 heterocycles. The Hall–Kier alpha value is -1.53. The number of benzene rings is 1. The third kappa shape index (κ3) is 3.32. The van der Waals surface area contributed by atoms with Crippen molar-refractivity contribution in [1.29, 1.82) is 0 Å². The smallest absolute Gasteiger partial charge is 0.305 e. The fourth-order valence-electron chi connectivity index (χ4n) is 2.78. The highest BCUT2D eigenvalue weighted by Gasteiger charge is 2.25. The van der Waals surface area contributed by atoms with Gasteiger partial charge in [-0.2, -0.15) is 4.39 Å². The highest BCUT2D eigenvalue weighted by Crippen LogP contribution is 2.25. The second-order valence-corrected chi connectivity index (χ2v) is 5.22. The van der Waals surface area contributed by atoms with Crippen LogP contribution in [0, 0.1) is 21.8 Å². The van der Waals surface area contributed by atoms with Crippen molar-refractivity contribution in [2.75, 3.05) is 6.61 Å². The van der Waals surface area contributed by atoms with Gasteiger partial charge in [0, 0.05) is 30.8 Å². The van der Waals surface area contributed by atoms with Gasteiger partial charge < -0.3 is 10.4 Å². The Morgan fingerprint density at radius 3 is 2.85 bits per heavy atom. The first-order valence-corrected chi connectivity index (χ1v) is 6.89. The largest absolute Gasteiger partial charge is 0.396 e. The molecule has 110 valence electrons. The van der Waals surface area contributed by atoms with E-state index in [0.717, 1.165) is 31.7 Å². The molecule has 2 rings (SSSR count). The lowest BCUT2D eigenvalue weighted by Gasteiger charge is -2.31. The number of nitrogens with one attached hydrogen (secondary N) is 1. The summed E-state index contributed by atoms with van der Waals surface area (Å²) in [7, 11) is 0. The number of nitrogens with zero attached hydrogens (tertiary/aromatic N) is 1. The predicted molar refractivity (Wildman–Crippen MR) is 72.7 cm³/mol. The zero-order valence-electron chi connectivity index (χ0n) is 11.2. The molecule has 1 aromatic rings. The van der Waals surface area contributed by atoms with E-state index in [9.17, 15) is 19.6 Å². The first-order chi connectivity index (χ1) is 9.63. The average molecular weight is 282 g/mol. The van der Waals surface area contributed by atoms with Crippen molar-refractivity contribution in [2.45, 2.75) is 38.3 Å². The predicted octanol–water partition coefficient (Wildman–Crippen LogP) is 2.37. The number of aliphatic hydroxyl groups excluding tert-OH is 1. The van der Waals surface area contributed by atoms with Crippen LogP contribution < -0.4 is 5.32 Å². The van der Waals surface area contributed by atoms with Gasteiger partial charge in [0.25, 0.3) is 0 Å². The molecular weight excluding hydrogens is 263 g/mol. The summed E-state index contributed by atoms with van der Waals surface area (Å²) in [6, 6.07) is 4.34. The van der Waals surface area contributed by atoms with Crippen molar-refractivity contribution in [2.24, 2.45) is 5.92 Å². The zero-order chi connectivity index (χ0) is 14.5. The van der Waals surface area contributed by atoms with E-state index < -0.39 is 16.4 Å². The van der Waals surface area contributed by atoms with Gasteiger partial charge in [0.05, 0.1) is 4.92 Å². The summed E-state index contributed by atoms with van der Waals surface area (Å²) < 4.78 is 13.9. The molecule has 0 amide bonds. The Morgan fingerprint density at radius 2 is 2.15 bits per heavy atom. The minimum atomic E-state index is -0.777. The van der Waals surface area contributed by atoms with Crippen molar-refractivity contribution in [1.82, 2.24) is 5.32 Å². The molecule has 0 aromatic heterocycles. The van der Waals surface area contributed by atoms with Gasteiger partial charge >= 0.3 is 5.69 Å². The lowest BCUT2D eigenvalue weighted by Crippen LogP contribution is -2.39. The Morgan fingerprint density at radius 1 is 1.40 bits per heavy atom. The van der Waals surface area contributed by atoms with Gasteiger partial charge in [-0.15, -0.1) is 0 Å². The van der Waals surface area contributed by atoms with Crippen molar-refractivity contribution >= 4 is 5.69 Å². The molecule has 2 unspecified atom stereocenters. The molecule has 1 aromatic carbocycles. The third-order valence-corrected chi connectivity index (χ3v) is 3.95. The quantitative estimate of drug-likeness (QED) is 0.642. The first-order valence-electron chi connectivity index (χ1n) is 6.89. The Labute approximate surface area is 117 Å². The number of aliphatic hydroxyl groups is 1. The molecular formula is C14H19FN2O3. The monoisotopic (exact) mass is 282 g/mol. The molecule has 0 saturated heterocycles. The van der Waals surface area contributed by atoms with Crippen LogP contribution in [0.1, 0.15) is 31.2 Å². The number of hydrogen-bond acceptors (Lipinski definition) is 4. The van der Waals surface area contributed by atoms with Gasteiger partial charge in [-0.3, -0.25) is 10.1 Å². The highest BCUT2D eigenvalue weighted by molar-refractivity contribution is 5.36. The van der Waals surface area contributed by atoms with Crippen molar-refractivity contribution in [3.05, 3.63) is 39.7 Å². The normalized spacial score (nSPS) is 22.7. The molecule has 0 radical (unpaired) electrons. The van der Waals surface area contributed by atoms with Gasteiger partial charge in [0.15, 0.2) is 0 Å². The summed E-state index contributed by atoms with van der Waals surface area (Å²) in [5, 5.41) is 23.2. The molecule has 6 heteroatoms. The van der Waals surface area contributed by atoms with Gasteiger partial charge in [-0.05, 0) is 18.8 Å². The van der Waals surface area contributed by atoms with Crippen molar-refractivity contribution in [3.8, 4) is 0 Å². The second kappa shape index (κ2) is 6.76. The van der Waals surface area contributed by atoms with Gasteiger partial charge in [-0.25, -0.2) is 0 Å². The lowest BCUT2D eigenvalue weighted by atomic mass is 9.85. The SMILES string of the molecule is O=[N+]([O-])c1cccc(CNC2CCCCC2CO)c1F. The molecule has 2 atom stereocenters. The maximum atomic E-state index is 13.9.